The number of halogens is 1. The number of hydrogen-bond acceptors (Lipinski definition) is 6. The summed E-state index contributed by atoms with van der Waals surface area (Å²) in [6.45, 7) is 2.09. The lowest BCUT2D eigenvalue weighted by Crippen LogP contribution is -2.21. The molecule has 1 aliphatic heterocycles. The van der Waals surface area contributed by atoms with E-state index in [-0.39, 0.29) is 5.75 Å². The molecule has 0 aliphatic carbocycles. The molecular formula is C16H19FN4O2. The van der Waals surface area contributed by atoms with Crippen LogP contribution >= 0.6 is 0 Å². The molecular weight excluding hydrogens is 299 g/mol. The predicted molar refractivity (Wildman–Crippen MR) is 85.4 cm³/mol. The Balaban J connectivity index is 1.72. The van der Waals surface area contributed by atoms with E-state index in [0.717, 1.165) is 31.5 Å². The smallest absolute Gasteiger partial charge is 0.225 e. The van der Waals surface area contributed by atoms with E-state index in [1.54, 1.807) is 18.2 Å². The quantitative estimate of drug-likeness (QED) is 0.883. The molecule has 1 aromatic carbocycles. The minimum atomic E-state index is -0.399. The molecule has 122 valence electrons. The van der Waals surface area contributed by atoms with Crippen molar-refractivity contribution in [3.63, 3.8) is 0 Å². The molecule has 0 spiro atoms. The van der Waals surface area contributed by atoms with Crippen molar-refractivity contribution in [1.29, 1.82) is 0 Å². The maximum atomic E-state index is 13.9. The lowest BCUT2D eigenvalue weighted by Gasteiger charge is -2.17. The molecule has 0 bridgehead atoms. The fraction of sp³-hybridized carbons (Fsp3) is 0.375. The number of anilines is 2. The van der Waals surface area contributed by atoms with Gasteiger partial charge in [0.15, 0.2) is 23.1 Å². The summed E-state index contributed by atoms with van der Waals surface area (Å²) in [5.41, 5.74) is 0.898. The molecule has 1 fully saturated rings. The Morgan fingerprint density at radius 2 is 2.13 bits per heavy atom. The Morgan fingerprint density at radius 1 is 1.35 bits per heavy atom. The van der Waals surface area contributed by atoms with Gasteiger partial charge < -0.3 is 20.1 Å². The monoisotopic (exact) mass is 318 g/mol. The van der Waals surface area contributed by atoms with Crippen molar-refractivity contribution in [2.24, 2.45) is 0 Å². The molecule has 7 heteroatoms. The average molecular weight is 318 g/mol. The number of methoxy groups -OCH3 is 1. The van der Waals surface area contributed by atoms with Crippen LogP contribution in [-0.4, -0.2) is 35.3 Å². The van der Waals surface area contributed by atoms with Gasteiger partial charge in [-0.15, -0.1) is 0 Å². The van der Waals surface area contributed by atoms with Crippen LogP contribution < -0.4 is 15.0 Å². The van der Waals surface area contributed by atoms with Crippen LogP contribution in [-0.2, 0) is 6.54 Å². The highest BCUT2D eigenvalue weighted by Crippen LogP contribution is 2.27. The van der Waals surface area contributed by atoms with E-state index in [4.69, 9.17) is 4.74 Å². The Morgan fingerprint density at radius 3 is 2.87 bits per heavy atom. The molecule has 1 aromatic heterocycles. The molecule has 3 rings (SSSR count). The van der Waals surface area contributed by atoms with Crippen LogP contribution in [0.4, 0.5) is 16.2 Å². The Labute approximate surface area is 133 Å². The number of phenols is 1. The second-order valence-electron chi connectivity index (χ2n) is 5.42. The third-order valence-corrected chi connectivity index (χ3v) is 3.83. The summed E-state index contributed by atoms with van der Waals surface area (Å²) in [6.07, 6.45) is 3.30. The third kappa shape index (κ3) is 3.44. The molecule has 2 heterocycles. The summed E-state index contributed by atoms with van der Waals surface area (Å²) in [4.78, 5) is 10.2. The first kappa shape index (κ1) is 15.3. The number of nitrogens with zero attached hydrogens (tertiary/aromatic N) is 3. The highest BCUT2D eigenvalue weighted by Gasteiger charge is 2.18. The summed E-state index contributed by atoms with van der Waals surface area (Å²) < 4.78 is 19.0. The average Bonchev–Trinajstić information content (AvgIpc) is 3.09. The zero-order chi connectivity index (χ0) is 16.2. The van der Waals surface area contributed by atoms with Crippen LogP contribution in [0.1, 0.15) is 18.4 Å². The van der Waals surface area contributed by atoms with Crippen LogP contribution in [0.15, 0.2) is 24.4 Å². The zero-order valence-electron chi connectivity index (χ0n) is 12.9. The van der Waals surface area contributed by atoms with Crippen molar-refractivity contribution in [3.05, 3.63) is 35.8 Å². The van der Waals surface area contributed by atoms with Crippen molar-refractivity contribution in [1.82, 2.24) is 9.97 Å². The molecule has 0 saturated carbocycles. The molecule has 2 N–H and O–H groups in total. The topological polar surface area (TPSA) is 70.5 Å². The van der Waals surface area contributed by atoms with Gasteiger partial charge in [-0.2, -0.15) is 4.98 Å². The van der Waals surface area contributed by atoms with Gasteiger partial charge in [-0.3, -0.25) is 0 Å². The lowest BCUT2D eigenvalue weighted by atomic mass is 10.2. The van der Waals surface area contributed by atoms with Gasteiger partial charge in [0.2, 0.25) is 5.95 Å². The summed E-state index contributed by atoms with van der Waals surface area (Å²) in [7, 11) is 1.50. The second kappa shape index (κ2) is 6.68. The van der Waals surface area contributed by atoms with E-state index in [0.29, 0.717) is 24.1 Å². The van der Waals surface area contributed by atoms with E-state index in [1.165, 1.54) is 13.3 Å². The maximum Gasteiger partial charge on any atom is 0.225 e. The lowest BCUT2D eigenvalue weighted by molar-refractivity contribution is 0.373. The molecule has 6 nitrogen and oxygen atoms in total. The molecule has 1 aliphatic rings. The van der Waals surface area contributed by atoms with Crippen molar-refractivity contribution < 1.29 is 14.2 Å². The SMILES string of the molecule is COc1cc(CNc2ncc(F)c(N3CCCC3)n2)ccc1O. The van der Waals surface area contributed by atoms with Gasteiger partial charge in [-0.1, -0.05) is 6.07 Å². The number of hydrogen-bond donors (Lipinski definition) is 2. The van der Waals surface area contributed by atoms with Crippen molar-refractivity contribution in [2.45, 2.75) is 19.4 Å². The van der Waals surface area contributed by atoms with Crippen LogP contribution in [0.5, 0.6) is 11.5 Å². The molecule has 0 atom stereocenters. The van der Waals surface area contributed by atoms with Crippen LogP contribution in [0.2, 0.25) is 0 Å². The van der Waals surface area contributed by atoms with E-state index in [1.807, 2.05) is 4.90 Å². The molecule has 23 heavy (non-hydrogen) atoms. The normalized spacial score (nSPS) is 14.1. The van der Waals surface area contributed by atoms with Gasteiger partial charge in [0, 0.05) is 19.6 Å². The Kier molecular flexibility index (Phi) is 4.45. The van der Waals surface area contributed by atoms with Gasteiger partial charge in [-0.05, 0) is 30.5 Å². The minimum Gasteiger partial charge on any atom is -0.504 e. The standard InChI is InChI=1S/C16H19FN4O2/c1-23-14-8-11(4-5-13(14)22)9-18-16-19-10-12(17)15(20-16)21-6-2-3-7-21/h4-5,8,10,22H,2-3,6-7,9H2,1H3,(H,18,19,20). The van der Waals surface area contributed by atoms with Gasteiger partial charge in [0.25, 0.3) is 0 Å². The van der Waals surface area contributed by atoms with Crippen LogP contribution in [0, 0.1) is 5.82 Å². The number of nitrogens with one attached hydrogen (secondary N) is 1. The second-order valence-corrected chi connectivity index (χ2v) is 5.42. The summed E-state index contributed by atoms with van der Waals surface area (Å²) in [5, 5.41) is 12.7. The Bertz CT molecular complexity index is 690. The van der Waals surface area contributed by atoms with Crippen LogP contribution in [0.25, 0.3) is 0 Å². The van der Waals surface area contributed by atoms with Gasteiger partial charge in [0.1, 0.15) is 0 Å². The number of aromatic nitrogens is 2. The van der Waals surface area contributed by atoms with Crippen molar-refractivity contribution in [3.8, 4) is 11.5 Å². The van der Waals surface area contributed by atoms with E-state index >= 15 is 0 Å². The first-order chi connectivity index (χ1) is 11.2. The minimum absolute atomic E-state index is 0.0885. The van der Waals surface area contributed by atoms with Crippen molar-refractivity contribution >= 4 is 11.8 Å². The van der Waals surface area contributed by atoms with E-state index in [2.05, 4.69) is 15.3 Å². The Hall–Kier alpha value is -2.57. The fourth-order valence-electron chi connectivity index (χ4n) is 2.61. The summed E-state index contributed by atoms with van der Waals surface area (Å²) in [6, 6.07) is 5.07. The predicted octanol–water partition coefficient (Wildman–Crippen LogP) is 2.54. The van der Waals surface area contributed by atoms with Gasteiger partial charge in [-0.25, -0.2) is 9.37 Å². The number of aromatic hydroxyl groups is 1. The first-order valence-electron chi connectivity index (χ1n) is 7.54. The number of ether oxygens (including phenoxy) is 1. The highest BCUT2D eigenvalue weighted by molar-refractivity contribution is 5.46. The molecule has 1 saturated heterocycles. The largest absolute Gasteiger partial charge is 0.504 e. The number of phenolic OH excluding ortho intramolecular Hbond substituents is 1. The third-order valence-electron chi connectivity index (χ3n) is 3.83. The van der Waals surface area contributed by atoms with Crippen LogP contribution in [0.3, 0.4) is 0 Å². The molecule has 2 aromatic rings. The van der Waals surface area contributed by atoms with Gasteiger partial charge >= 0.3 is 0 Å². The zero-order valence-corrected chi connectivity index (χ0v) is 12.9. The highest BCUT2D eigenvalue weighted by atomic mass is 19.1. The summed E-state index contributed by atoms with van der Waals surface area (Å²) in [5.74, 6) is 0.820. The molecule has 0 amide bonds. The van der Waals surface area contributed by atoms with Gasteiger partial charge in [0.05, 0.1) is 13.3 Å². The molecule has 0 radical (unpaired) electrons. The first-order valence-corrected chi connectivity index (χ1v) is 7.54. The number of benzene rings is 1. The fourth-order valence-corrected chi connectivity index (χ4v) is 2.61. The van der Waals surface area contributed by atoms with Crippen molar-refractivity contribution in [2.75, 3.05) is 30.4 Å². The molecule has 0 unspecified atom stereocenters. The maximum absolute atomic E-state index is 13.9. The van der Waals surface area contributed by atoms with E-state index < -0.39 is 5.82 Å². The number of rotatable bonds is 5. The van der Waals surface area contributed by atoms with E-state index in [9.17, 15) is 9.50 Å². The summed E-state index contributed by atoms with van der Waals surface area (Å²) >= 11 is 0.